The molecule has 0 aliphatic carbocycles. The Kier molecular flexibility index (Phi) is 5.17. The van der Waals surface area contributed by atoms with E-state index in [9.17, 15) is 0 Å². The molecule has 0 amide bonds. The summed E-state index contributed by atoms with van der Waals surface area (Å²) in [6.45, 7) is 2.96. The van der Waals surface area contributed by atoms with Gasteiger partial charge >= 0.3 is 0 Å². The van der Waals surface area contributed by atoms with E-state index in [4.69, 9.17) is 4.74 Å². The van der Waals surface area contributed by atoms with Crippen molar-refractivity contribution in [1.82, 2.24) is 10.3 Å². The molecule has 0 bridgehead atoms. The molecule has 1 unspecified atom stereocenters. The minimum absolute atomic E-state index is 0.292. The third-order valence-corrected chi connectivity index (χ3v) is 3.53. The second-order valence-electron chi connectivity index (χ2n) is 5.29. The normalized spacial score (nSPS) is 12.0. The van der Waals surface area contributed by atoms with E-state index in [1.807, 2.05) is 26.2 Å². The molecule has 0 aliphatic heterocycles. The first-order valence-electron chi connectivity index (χ1n) is 7.09. The van der Waals surface area contributed by atoms with Crippen molar-refractivity contribution in [2.24, 2.45) is 0 Å². The van der Waals surface area contributed by atoms with E-state index in [0.717, 1.165) is 6.54 Å². The highest BCUT2D eigenvalue weighted by molar-refractivity contribution is 5.46. The van der Waals surface area contributed by atoms with Gasteiger partial charge in [0.25, 0.3) is 0 Å². The van der Waals surface area contributed by atoms with Crippen molar-refractivity contribution in [1.29, 1.82) is 0 Å². The molecule has 21 heavy (non-hydrogen) atoms. The molecule has 0 radical (unpaired) electrons. The Morgan fingerprint density at radius 2 is 1.90 bits per heavy atom. The summed E-state index contributed by atoms with van der Waals surface area (Å²) in [6, 6.07) is 12.9. The van der Waals surface area contributed by atoms with Gasteiger partial charge in [0.2, 0.25) is 5.88 Å². The van der Waals surface area contributed by atoms with Crippen molar-refractivity contribution >= 4 is 5.69 Å². The zero-order valence-electron chi connectivity index (χ0n) is 13.1. The van der Waals surface area contributed by atoms with Crippen molar-refractivity contribution in [2.75, 3.05) is 26.1 Å². The van der Waals surface area contributed by atoms with E-state index in [1.54, 1.807) is 13.3 Å². The zero-order chi connectivity index (χ0) is 15.2. The monoisotopic (exact) mass is 285 g/mol. The van der Waals surface area contributed by atoms with Crippen LogP contribution in [0.15, 0.2) is 42.6 Å². The number of pyridine rings is 1. The van der Waals surface area contributed by atoms with Gasteiger partial charge in [-0.15, -0.1) is 0 Å². The van der Waals surface area contributed by atoms with Gasteiger partial charge in [0.15, 0.2) is 0 Å². The summed E-state index contributed by atoms with van der Waals surface area (Å²) >= 11 is 0. The van der Waals surface area contributed by atoms with Crippen LogP contribution in [0.2, 0.25) is 0 Å². The van der Waals surface area contributed by atoms with E-state index in [1.165, 1.54) is 16.8 Å². The molecule has 0 aliphatic rings. The largest absolute Gasteiger partial charge is 0.481 e. The highest BCUT2D eigenvalue weighted by Crippen LogP contribution is 2.18. The molecule has 1 heterocycles. The minimum atomic E-state index is 0.292. The zero-order valence-corrected chi connectivity index (χ0v) is 13.1. The molecule has 0 spiro atoms. The van der Waals surface area contributed by atoms with Crippen LogP contribution in [0.5, 0.6) is 5.88 Å². The lowest BCUT2D eigenvalue weighted by atomic mass is 10.1. The molecule has 1 aromatic heterocycles. The van der Waals surface area contributed by atoms with Crippen molar-refractivity contribution in [3.63, 3.8) is 0 Å². The van der Waals surface area contributed by atoms with E-state index < -0.39 is 0 Å². The quantitative estimate of drug-likeness (QED) is 0.885. The maximum Gasteiger partial charge on any atom is 0.213 e. The summed E-state index contributed by atoms with van der Waals surface area (Å²) in [5.74, 6) is 0.650. The molecule has 4 nitrogen and oxygen atoms in total. The molecule has 2 aromatic rings. The number of hydrogen-bond acceptors (Lipinski definition) is 4. The van der Waals surface area contributed by atoms with E-state index in [0.29, 0.717) is 11.9 Å². The fourth-order valence-electron chi connectivity index (χ4n) is 2.12. The average Bonchev–Trinajstić information content (AvgIpc) is 2.53. The molecule has 4 heteroatoms. The second kappa shape index (κ2) is 7.09. The summed E-state index contributed by atoms with van der Waals surface area (Å²) in [6.07, 6.45) is 1.77. The highest BCUT2D eigenvalue weighted by atomic mass is 16.5. The number of rotatable bonds is 6. The molecule has 1 N–H and O–H groups in total. The van der Waals surface area contributed by atoms with Gasteiger partial charge in [-0.25, -0.2) is 4.98 Å². The summed E-state index contributed by atoms with van der Waals surface area (Å²) in [5.41, 5.74) is 3.66. The smallest absolute Gasteiger partial charge is 0.213 e. The standard InChI is InChI=1S/C17H23N3O/c1-13(15-5-7-16(8-6-15)20(2)3)19-12-14-9-10-18-17(11-14)21-4/h5-11,13,19H,12H2,1-4H3. The van der Waals surface area contributed by atoms with Crippen LogP contribution in [0.25, 0.3) is 0 Å². The van der Waals surface area contributed by atoms with Crippen molar-refractivity contribution in [2.45, 2.75) is 19.5 Å². The predicted molar refractivity (Wildman–Crippen MR) is 86.8 cm³/mol. The number of nitrogens with one attached hydrogen (secondary N) is 1. The van der Waals surface area contributed by atoms with Gasteiger partial charge in [0, 0.05) is 44.6 Å². The Hall–Kier alpha value is -2.07. The van der Waals surface area contributed by atoms with E-state index in [-0.39, 0.29) is 0 Å². The molecule has 0 saturated heterocycles. The van der Waals surface area contributed by atoms with Gasteiger partial charge in [0.05, 0.1) is 7.11 Å². The van der Waals surface area contributed by atoms with E-state index >= 15 is 0 Å². The average molecular weight is 285 g/mol. The number of ether oxygens (including phenoxy) is 1. The lowest BCUT2D eigenvalue weighted by Gasteiger charge is -2.17. The topological polar surface area (TPSA) is 37.4 Å². The van der Waals surface area contributed by atoms with Gasteiger partial charge in [0.1, 0.15) is 0 Å². The molecular weight excluding hydrogens is 262 g/mol. The molecule has 2 rings (SSSR count). The number of anilines is 1. The van der Waals surface area contributed by atoms with Crippen molar-refractivity contribution < 1.29 is 4.74 Å². The number of nitrogens with zero attached hydrogens (tertiary/aromatic N) is 2. The van der Waals surface area contributed by atoms with Gasteiger partial charge in [-0.2, -0.15) is 0 Å². The SMILES string of the molecule is COc1cc(CNC(C)c2ccc(N(C)C)cc2)ccn1. The first-order valence-corrected chi connectivity index (χ1v) is 7.09. The molecule has 1 atom stereocenters. The number of benzene rings is 1. The van der Waals surface area contributed by atoms with Crippen LogP contribution in [0, 0.1) is 0 Å². The van der Waals surface area contributed by atoms with E-state index in [2.05, 4.69) is 46.4 Å². The maximum atomic E-state index is 5.14. The van der Waals surface area contributed by atoms with Gasteiger partial charge in [-0.05, 0) is 36.2 Å². The van der Waals surface area contributed by atoms with Crippen molar-refractivity contribution in [3.05, 3.63) is 53.7 Å². The molecular formula is C17H23N3O. The lowest BCUT2D eigenvalue weighted by molar-refractivity contribution is 0.397. The van der Waals surface area contributed by atoms with Crippen LogP contribution in [0.3, 0.4) is 0 Å². The highest BCUT2D eigenvalue weighted by Gasteiger charge is 2.06. The van der Waals surface area contributed by atoms with Gasteiger partial charge in [-0.1, -0.05) is 12.1 Å². The third kappa shape index (κ3) is 4.20. The molecule has 112 valence electrons. The Morgan fingerprint density at radius 3 is 2.52 bits per heavy atom. The fraction of sp³-hybridized carbons (Fsp3) is 0.353. The Balaban J connectivity index is 1.96. The van der Waals surface area contributed by atoms with Crippen LogP contribution in [-0.4, -0.2) is 26.2 Å². The first-order chi connectivity index (χ1) is 10.1. The third-order valence-electron chi connectivity index (χ3n) is 3.53. The lowest BCUT2D eigenvalue weighted by Crippen LogP contribution is -2.18. The van der Waals surface area contributed by atoms with Crippen LogP contribution < -0.4 is 15.0 Å². The molecule has 0 fully saturated rings. The number of hydrogen-bond donors (Lipinski definition) is 1. The van der Waals surface area contributed by atoms with Crippen molar-refractivity contribution in [3.8, 4) is 5.88 Å². The summed E-state index contributed by atoms with van der Waals surface area (Å²) in [7, 11) is 5.73. The summed E-state index contributed by atoms with van der Waals surface area (Å²) in [5, 5.41) is 3.52. The van der Waals surface area contributed by atoms with Crippen LogP contribution in [0.1, 0.15) is 24.1 Å². The van der Waals surface area contributed by atoms with Crippen LogP contribution in [0.4, 0.5) is 5.69 Å². The first kappa shape index (κ1) is 15.3. The predicted octanol–water partition coefficient (Wildman–Crippen LogP) is 3.01. The van der Waals surface area contributed by atoms with Gasteiger partial charge in [-0.3, -0.25) is 0 Å². The maximum absolute atomic E-state index is 5.14. The molecule has 0 saturated carbocycles. The fourth-order valence-corrected chi connectivity index (χ4v) is 2.12. The van der Waals surface area contributed by atoms with Crippen LogP contribution in [-0.2, 0) is 6.54 Å². The minimum Gasteiger partial charge on any atom is -0.481 e. The summed E-state index contributed by atoms with van der Waals surface area (Å²) in [4.78, 5) is 6.22. The Labute approximate surface area is 126 Å². The Morgan fingerprint density at radius 1 is 1.19 bits per heavy atom. The Bertz CT molecular complexity index is 567. The number of aromatic nitrogens is 1. The second-order valence-corrected chi connectivity index (χ2v) is 5.29. The van der Waals surface area contributed by atoms with Gasteiger partial charge < -0.3 is 15.0 Å². The number of methoxy groups -OCH3 is 1. The molecule has 1 aromatic carbocycles. The van der Waals surface area contributed by atoms with Crippen LogP contribution >= 0.6 is 0 Å². The summed E-state index contributed by atoms with van der Waals surface area (Å²) < 4.78 is 5.14.